The fraction of sp³-hybridized carbons (Fsp3) is 0.611. The first-order valence-corrected chi connectivity index (χ1v) is 8.40. The molecule has 1 fully saturated rings. The van der Waals surface area contributed by atoms with E-state index in [0.29, 0.717) is 19.5 Å². The summed E-state index contributed by atoms with van der Waals surface area (Å²) < 4.78 is 0. The van der Waals surface area contributed by atoms with Crippen molar-refractivity contribution in [3.05, 3.63) is 35.9 Å². The third-order valence-electron chi connectivity index (χ3n) is 4.45. The van der Waals surface area contributed by atoms with Crippen molar-refractivity contribution < 1.29 is 15.0 Å². The largest absolute Gasteiger partial charge is 0.395 e. The van der Waals surface area contributed by atoms with Crippen molar-refractivity contribution in [1.82, 2.24) is 9.80 Å². The molecule has 2 rings (SSSR count). The quantitative estimate of drug-likeness (QED) is 0.747. The summed E-state index contributed by atoms with van der Waals surface area (Å²) in [5.74, 6) is -0.165. The normalized spacial score (nSPS) is 21.9. The Hall–Kier alpha value is -1.43. The number of piperidine rings is 1. The number of carbonyl (C=O) groups excluding carboxylic acids is 1. The molecule has 0 radical (unpaired) electrons. The van der Waals surface area contributed by atoms with Gasteiger partial charge in [0.2, 0.25) is 0 Å². The van der Waals surface area contributed by atoms with E-state index in [2.05, 4.69) is 12.1 Å². The van der Waals surface area contributed by atoms with Gasteiger partial charge in [-0.05, 0) is 38.3 Å². The van der Waals surface area contributed by atoms with Crippen molar-refractivity contribution in [3.63, 3.8) is 0 Å². The fourth-order valence-corrected chi connectivity index (χ4v) is 3.24. The second-order valence-electron chi connectivity index (χ2n) is 6.48. The van der Waals surface area contributed by atoms with E-state index in [9.17, 15) is 9.90 Å². The Kier molecular flexibility index (Phi) is 6.57. The van der Waals surface area contributed by atoms with E-state index in [4.69, 9.17) is 5.11 Å². The maximum absolute atomic E-state index is 12.6. The van der Waals surface area contributed by atoms with Gasteiger partial charge in [0.1, 0.15) is 0 Å². The predicted octanol–water partition coefficient (Wildman–Crippen LogP) is 0.897. The van der Waals surface area contributed by atoms with Gasteiger partial charge in [0, 0.05) is 26.2 Å². The van der Waals surface area contributed by atoms with Crippen LogP contribution in [0.15, 0.2) is 30.3 Å². The molecule has 0 saturated carbocycles. The van der Waals surface area contributed by atoms with Crippen LogP contribution >= 0.6 is 0 Å². The molecule has 1 heterocycles. The Balaban J connectivity index is 1.86. The first-order valence-electron chi connectivity index (χ1n) is 8.40. The third kappa shape index (κ3) is 5.03. The molecule has 5 nitrogen and oxygen atoms in total. The van der Waals surface area contributed by atoms with Crippen LogP contribution in [-0.4, -0.2) is 71.4 Å². The minimum Gasteiger partial charge on any atom is -0.395 e. The predicted molar refractivity (Wildman–Crippen MR) is 90.1 cm³/mol. The number of nitrogens with zero attached hydrogens (tertiary/aromatic N) is 2. The first kappa shape index (κ1) is 17.9. The van der Waals surface area contributed by atoms with E-state index in [-0.39, 0.29) is 19.1 Å². The lowest BCUT2D eigenvalue weighted by atomic mass is 9.91. The second-order valence-corrected chi connectivity index (χ2v) is 6.48. The molecular formula is C18H28N2O3. The van der Waals surface area contributed by atoms with Crippen LogP contribution in [0.2, 0.25) is 0 Å². The van der Waals surface area contributed by atoms with Crippen LogP contribution in [0.1, 0.15) is 24.8 Å². The number of likely N-dealkylation sites (N-methyl/N-ethyl adjacent to an activating group) is 1. The average Bonchev–Trinajstić information content (AvgIpc) is 2.53. The Morgan fingerprint density at radius 3 is 2.74 bits per heavy atom. The molecule has 128 valence electrons. The summed E-state index contributed by atoms with van der Waals surface area (Å²) in [4.78, 5) is 16.2. The SMILES string of the molecule is CN(CCO)CC1(O)CCCN(CCCc2ccccc2)C1=O. The monoisotopic (exact) mass is 320 g/mol. The molecule has 1 aliphatic heterocycles. The van der Waals surface area contributed by atoms with Gasteiger partial charge < -0.3 is 20.0 Å². The van der Waals surface area contributed by atoms with Crippen LogP contribution in [0.3, 0.4) is 0 Å². The molecule has 0 aliphatic carbocycles. The van der Waals surface area contributed by atoms with Crippen LogP contribution < -0.4 is 0 Å². The number of benzene rings is 1. The zero-order valence-corrected chi connectivity index (χ0v) is 13.9. The van der Waals surface area contributed by atoms with E-state index in [1.54, 1.807) is 4.90 Å². The minimum absolute atomic E-state index is 0.0293. The molecular weight excluding hydrogens is 292 g/mol. The van der Waals surface area contributed by atoms with Crippen molar-refractivity contribution in [2.45, 2.75) is 31.3 Å². The van der Waals surface area contributed by atoms with Crippen molar-refractivity contribution in [2.24, 2.45) is 0 Å². The highest BCUT2D eigenvalue weighted by Gasteiger charge is 2.42. The highest BCUT2D eigenvalue weighted by atomic mass is 16.3. The molecule has 1 saturated heterocycles. The lowest BCUT2D eigenvalue weighted by Crippen LogP contribution is -2.58. The first-order chi connectivity index (χ1) is 11.0. The van der Waals surface area contributed by atoms with Gasteiger partial charge in [-0.1, -0.05) is 30.3 Å². The highest BCUT2D eigenvalue weighted by molar-refractivity contribution is 5.86. The Morgan fingerprint density at radius 1 is 1.30 bits per heavy atom. The molecule has 1 aromatic rings. The molecule has 1 unspecified atom stereocenters. The smallest absolute Gasteiger partial charge is 0.255 e. The van der Waals surface area contributed by atoms with E-state index in [1.807, 2.05) is 30.1 Å². The van der Waals surface area contributed by atoms with Gasteiger partial charge in [-0.15, -0.1) is 0 Å². The summed E-state index contributed by atoms with van der Waals surface area (Å²) in [6, 6.07) is 10.2. The number of carbonyl (C=O) groups is 1. The van der Waals surface area contributed by atoms with Gasteiger partial charge in [-0.25, -0.2) is 0 Å². The maximum Gasteiger partial charge on any atom is 0.255 e. The standard InChI is InChI=1S/C18H28N2O3/c1-19(13-14-21)15-18(23)10-6-12-20(17(18)22)11-5-9-16-7-3-2-4-8-16/h2-4,7-8,21,23H,5-6,9-15H2,1H3. The molecule has 1 aliphatic rings. The molecule has 0 aromatic heterocycles. The summed E-state index contributed by atoms with van der Waals surface area (Å²) in [7, 11) is 1.82. The Bertz CT molecular complexity index is 494. The van der Waals surface area contributed by atoms with Crippen LogP contribution in [0.5, 0.6) is 0 Å². The molecule has 1 amide bonds. The lowest BCUT2D eigenvalue weighted by molar-refractivity contribution is -0.159. The van der Waals surface area contributed by atoms with Gasteiger partial charge in [0.05, 0.1) is 6.61 Å². The molecule has 0 spiro atoms. The van der Waals surface area contributed by atoms with E-state index in [0.717, 1.165) is 25.8 Å². The summed E-state index contributed by atoms with van der Waals surface area (Å²) in [5.41, 5.74) is -0.0375. The van der Waals surface area contributed by atoms with Gasteiger partial charge in [0.25, 0.3) is 5.91 Å². The molecule has 23 heavy (non-hydrogen) atoms. The van der Waals surface area contributed by atoms with E-state index < -0.39 is 5.60 Å². The fourth-order valence-electron chi connectivity index (χ4n) is 3.24. The van der Waals surface area contributed by atoms with Crippen LogP contribution in [0, 0.1) is 0 Å². The lowest BCUT2D eigenvalue weighted by Gasteiger charge is -2.40. The molecule has 2 N–H and O–H groups in total. The van der Waals surface area contributed by atoms with Crippen molar-refractivity contribution in [3.8, 4) is 0 Å². The van der Waals surface area contributed by atoms with E-state index >= 15 is 0 Å². The Morgan fingerprint density at radius 2 is 2.04 bits per heavy atom. The summed E-state index contributed by atoms with van der Waals surface area (Å²) in [6.07, 6.45) is 3.16. The van der Waals surface area contributed by atoms with Gasteiger partial charge >= 0.3 is 0 Å². The number of hydrogen-bond donors (Lipinski definition) is 2. The molecule has 1 aromatic carbocycles. The second kappa shape index (κ2) is 8.43. The number of amides is 1. The number of aliphatic hydroxyl groups excluding tert-OH is 1. The minimum atomic E-state index is -1.31. The number of rotatable bonds is 8. The van der Waals surface area contributed by atoms with Crippen molar-refractivity contribution in [1.29, 1.82) is 0 Å². The van der Waals surface area contributed by atoms with Crippen LogP contribution in [-0.2, 0) is 11.2 Å². The molecule has 1 atom stereocenters. The Labute approximate surface area is 138 Å². The summed E-state index contributed by atoms with van der Waals surface area (Å²) >= 11 is 0. The topological polar surface area (TPSA) is 64.0 Å². The molecule has 5 heteroatoms. The van der Waals surface area contributed by atoms with Gasteiger partial charge in [-0.3, -0.25) is 4.79 Å². The van der Waals surface area contributed by atoms with Crippen molar-refractivity contribution in [2.75, 3.05) is 39.8 Å². The van der Waals surface area contributed by atoms with Crippen LogP contribution in [0.4, 0.5) is 0 Å². The highest BCUT2D eigenvalue weighted by Crippen LogP contribution is 2.24. The van der Waals surface area contributed by atoms with Gasteiger partial charge in [-0.2, -0.15) is 0 Å². The summed E-state index contributed by atoms with van der Waals surface area (Å²) in [5, 5.41) is 19.7. The average molecular weight is 320 g/mol. The van der Waals surface area contributed by atoms with Crippen LogP contribution in [0.25, 0.3) is 0 Å². The number of aliphatic hydroxyl groups is 2. The number of hydrogen-bond acceptors (Lipinski definition) is 4. The van der Waals surface area contributed by atoms with E-state index in [1.165, 1.54) is 5.56 Å². The zero-order valence-electron chi connectivity index (χ0n) is 13.9. The van der Waals surface area contributed by atoms with Gasteiger partial charge in [0.15, 0.2) is 5.60 Å². The number of aryl methyl sites for hydroxylation is 1. The summed E-state index contributed by atoms with van der Waals surface area (Å²) in [6.45, 7) is 2.17. The third-order valence-corrected chi connectivity index (χ3v) is 4.45. The maximum atomic E-state index is 12.6. The number of likely N-dealkylation sites (tertiary alicyclic amines) is 1. The van der Waals surface area contributed by atoms with Crippen molar-refractivity contribution >= 4 is 5.91 Å². The zero-order chi connectivity index (χ0) is 16.7. The molecule has 0 bridgehead atoms.